The Morgan fingerprint density at radius 1 is 1.43 bits per heavy atom. The number of hydrogen-bond acceptors (Lipinski definition) is 3. The summed E-state index contributed by atoms with van der Waals surface area (Å²) >= 11 is 5.88. The molecule has 0 aliphatic heterocycles. The van der Waals surface area contributed by atoms with E-state index in [2.05, 4.69) is 5.32 Å². The number of aliphatic hydroxyl groups is 1. The van der Waals surface area contributed by atoms with Crippen LogP contribution in [-0.2, 0) is 13.5 Å². The SMILES string of the molecule is COc1cc(CCO)ccc1NC(=O)c1cc(Cl)cn1C. The second-order valence-corrected chi connectivity index (χ2v) is 5.05. The highest BCUT2D eigenvalue weighted by Gasteiger charge is 2.14. The van der Waals surface area contributed by atoms with Crippen molar-refractivity contribution in [2.24, 2.45) is 7.05 Å². The van der Waals surface area contributed by atoms with E-state index in [9.17, 15) is 4.79 Å². The summed E-state index contributed by atoms with van der Waals surface area (Å²) in [6, 6.07) is 6.99. The van der Waals surface area contributed by atoms with Gasteiger partial charge in [-0.2, -0.15) is 0 Å². The standard InChI is InChI=1S/C15H17ClN2O3/c1-18-9-11(16)8-13(18)15(20)17-12-4-3-10(5-6-19)7-14(12)21-2/h3-4,7-9,19H,5-6H2,1-2H3,(H,17,20). The quantitative estimate of drug-likeness (QED) is 0.892. The molecule has 112 valence electrons. The van der Waals surface area contributed by atoms with Crippen LogP contribution in [0.25, 0.3) is 0 Å². The lowest BCUT2D eigenvalue weighted by molar-refractivity contribution is 0.101. The normalized spacial score (nSPS) is 10.5. The van der Waals surface area contributed by atoms with Crippen molar-refractivity contribution in [3.8, 4) is 5.75 Å². The number of methoxy groups -OCH3 is 1. The number of rotatable bonds is 5. The number of anilines is 1. The molecule has 0 saturated heterocycles. The van der Waals surface area contributed by atoms with Gasteiger partial charge in [-0.05, 0) is 30.2 Å². The van der Waals surface area contributed by atoms with Crippen molar-refractivity contribution in [2.75, 3.05) is 19.0 Å². The van der Waals surface area contributed by atoms with E-state index in [1.807, 2.05) is 6.07 Å². The van der Waals surface area contributed by atoms with Crippen LogP contribution < -0.4 is 10.1 Å². The molecule has 6 heteroatoms. The van der Waals surface area contributed by atoms with Crippen LogP contribution in [0, 0.1) is 0 Å². The van der Waals surface area contributed by atoms with Crippen molar-refractivity contribution >= 4 is 23.2 Å². The van der Waals surface area contributed by atoms with E-state index in [1.54, 1.807) is 36.0 Å². The number of benzene rings is 1. The topological polar surface area (TPSA) is 63.5 Å². The van der Waals surface area contributed by atoms with Gasteiger partial charge in [0.2, 0.25) is 0 Å². The third-order valence-electron chi connectivity index (χ3n) is 3.12. The van der Waals surface area contributed by atoms with Gasteiger partial charge < -0.3 is 19.7 Å². The lowest BCUT2D eigenvalue weighted by Gasteiger charge is -2.12. The van der Waals surface area contributed by atoms with Gasteiger partial charge in [0, 0.05) is 19.9 Å². The maximum absolute atomic E-state index is 12.2. The van der Waals surface area contributed by atoms with E-state index in [0.717, 1.165) is 5.56 Å². The van der Waals surface area contributed by atoms with E-state index in [4.69, 9.17) is 21.4 Å². The first-order valence-corrected chi connectivity index (χ1v) is 6.84. The molecule has 0 atom stereocenters. The Balaban J connectivity index is 2.22. The fourth-order valence-electron chi connectivity index (χ4n) is 2.06. The van der Waals surface area contributed by atoms with Gasteiger partial charge in [0.15, 0.2) is 0 Å². The number of aliphatic hydroxyl groups excluding tert-OH is 1. The van der Waals surface area contributed by atoms with E-state index in [0.29, 0.717) is 28.6 Å². The van der Waals surface area contributed by atoms with E-state index >= 15 is 0 Å². The van der Waals surface area contributed by atoms with Crippen LogP contribution in [0.5, 0.6) is 5.75 Å². The largest absolute Gasteiger partial charge is 0.495 e. The smallest absolute Gasteiger partial charge is 0.272 e. The number of amides is 1. The predicted molar refractivity (Wildman–Crippen MR) is 82.2 cm³/mol. The Kier molecular flexibility index (Phi) is 4.88. The molecule has 0 spiro atoms. The first kappa shape index (κ1) is 15.4. The van der Waals surface area contributed by atoms with Crippen molar-refractivity contribution in [3.63, 3.8) is 0 Å². The minimum Gasteiger partial charge on any atom is -0.495 e. The zero-order chi connectivity index (χ0) is 15.4. The van der Waals surface area contributed by atoms with Crippen molar-refractivity contribution in [3.05, 3.63) is 46.7 Å². The molecule has 0 bridgehead atoms. The highest BCUT2D eigenvalue weighted by atomic mass is 35.5. The summed E-state index contributed by atoms with van der Waals surface area (Å²) in [6.45, 7) is 0.0662. The number of carbonyl (C=O) groups is 1. The van der Waals surface area contributed by atoms with Gasteiger partial charge in [0.25, 0.3) is 5.91 Å². The molecule has 1 amide bonds. The molecule has 0 fully saturated rings. The van der Waals surface area contributed by atoms with Crippen LogP contribution in [0.1, 0.15) is 16.1 Å². The minimum atomic E-state index is -0.266. The lowest BCUT2D eigenvalue weighted by Crippen LogP contribution is -2.16. The second kappa shape index (κ2) is 6.65. The Morgan fingerprint density at radius 2 is 2.19 bits per heavy atom. The lowest BCUT2D eigenvalue weighted by atomic mass is 10.1. The summed E-state index contributed by atoms with van der Waals surface area (Å²) in [7, 11) is 3.29. The van der Waals surface area contributed by atoms with Crippen LogP contribution in [-0.4, -0.2) is 29.3 Å². The van der Waals surface area contributed by atoms with Crippen LogP contribution in [0.2, 0.25) is 5.02 Å². The molecule has 0 aliphatic carbocycles. The zero-order valence-electron chi connectivity index (χ0n) is 11.9. The highest BCUT2D eigenvalue weighted by molar-refractivity contribution is 6.31. The van der Waals surface area contributed by atoms with Crippen molar-refractivity contribution < 1.29 is 14.6 Å². The van der Waals surface area contributed by atoms with Gasteiger partial charge in [-0.3, -0.25) is 4.79 Å². The average Bonchev–Trinajstić information content (AvgIpc) is 2.79. The molecule has 0 radical (unpaired) electrons. The molecule has 1 aromatic heterocycles. The Hall–Kier alpha value is -1.98. The molecule has 0 aliphatic rings. The Morgan fingerprint density at radius 3 is 2.76 bits per heavy atom. The first-order chi connectivity index (χ1) is 10.0. The molecule has 1 aromatic carbocycles. The predicted octanol–water partition coefficient (Wildman–Crippen LogP) is 2.47. The molecule has 2 aromatic rings. The van der Waals surface area contributed by atoms with E-state index < -0.39 is 0 Å². The van der Waals surface area contributed by atoms with Gasteiger partial charge in [-0.25, -0.2) is 0 Å². The molecule has 0 saturated carbocycles. The number of hydrogen-bond donors (Lipinski definition) is 2. The maximum atomic E-state index is 12.2. The third kappa shape index (κ3) is 3.56. The van der Waals surface area contributed by atoms with Crippen LogP contribution >= 0.6 is 11.6 Å². The van der Waals surface area contributed by atoms with E-state index in [-0.39, 0.29) is 12.5 Å². The number of halogens is 1. The van der Waals surface area contributed by atoms with Gasteiger partial charge in [0.1, 0.15) is 11.4 Å². The molecule has 2 rings (SSSR count). The summed E-state index contributed by atoms with van der Waals surface area (Å²) in [5, 5.41) is 12.3. The van der Waals surface area contributed by atoms with Crippen LogP contribution in [0.15, 0.2) is 30.5 Å². The molecular formula is C15H17ClN2O3. The molecule has 1 heterocycles. The summed E-state index contributed by atoms with van der Waals surface area (Å²) in [4.78, 5) is 12.2. The van der Waals surface area contributed by atoms with E-state index in [1.165, 1.54) is 7.11 Å². The van der Waals surface area contributed by atoms with Crippen LogP contribution in [0.3, 0.4) is 0 Å². The second-order valence-electron chi connectivity index (χ2n) is 4.62. The monoisotopic (exact) mass is 308 g/mol. The van der Waals surface area contributed by atoms with Gasteiger partial charge in [-0.15, -0.1) is 0 Å². The Labute approximate surface area is 128 Å². The van der Waals surface area contributed by atoms with Crippen molar-refractivity contribution in [2.45, 2.75) is 6.42 Å². The minimum absolute atomic E-state index is 0.0662. The molecular weight excluding hydrogens is 292 g/mol. The fraction of sp³-hybridized carbons (Fsp3) is 0.267. The first-order valence-electron chi connectivity index (χ1n) is 6.46. The molecule has 2 N–H and O–H groups in total. The third-order valence-corrected chi connectivity index (χ3v) is 3.33. The van der Waals surface area contributed by atoms with Gasteiger partial charge in [-0.1, -0.05) is 17.7 Å². The summed E-state index contributed by atoms with van der Waals surface area (Å²) in [5.74, 6) is 0.284. The molecule has 5 nitrogen and oxygen atoms in total. The van der Waals surface area contributed by atoms with Crippen molar-refractivity contribution in [1.29, 1.82) is 0 Å². The van der Waals surface area contributed by atoms with Crippen LogP contribution in [0.4, 0.5) is 5.69 Å². The maximum Gasteiger partial charge on any atom is 0.272 e. The highest BCUT2D eigenvalue weighted by Crippen LogP contribution is 2.26. The average molecular weight is 309 g/mol. The number of nitrogens with zero attached hydrogens (tertiary/aromatic N) is 1. The number of aryl methyl sites for hydroxylation is 1. The number of nitrogens with one attached hydrogen (secondary N) is 1. The number of ether oxygens (including phenoxy) is 1. The fourth-order valence-corrected chi connectivity index (χ4v) is 2.31. The molecule has 21 heavy (non-hydrogen) atoms. The number of carbonyl (C=O) groups excluding carboxylic acids is 1. The number of aromatic nitrogens is 1. The Bertz CT molecular complexity index is 652. The van der Waals surface area contributed by atoms with Crippen molar-refractivity contribution in [1.82, 2.24) is 4.57 Å². The summed E-state index contributed by atoms with van der Waals surface area (Å²) in [6.07, 6.45) is 2.20. The zero-order valence-corrected chi connectivity index (χ0v) is 12.6. The molecule has 0 unspecified atom stereocenters. The van der Waals surface area contributed by atoms with Gasteiger partial charge in [0.05, 0.1) is 17.8 Å². The van der Waals surface area contributed by atoms with Gasteiger partial charge >= 0.3 is 0 Å². The summed E-state index contributed by atoms with van der Waals surface area (Å²) < 4.78 is 6.93. The summed E-state index contributed by atoms with van der Waals surface area (Å²) in [5.41, 5.74) is 1.97.